The van der Waals surface area contributed by atoms with Crippen LogP contribution in [-0.4, -0.2) is 10.1 Å². The van der Waals surface area contributed by atoms with Gasteiger partial charge >= 0.3 is 0 Å². The molecule has 4 heteroatoms. The van der Waals surface area contributed by atoms with Gasteiger partial charge in [-0.3, -0.25) is 0 Å². The predicted molar refractivity (Wildman–Crippen MR) is 69.0 cm³/mol. The minimum atomic E-state index is 0.504. The minimum absolute atomic E-state index is 0.504. The quantitative estimate of drug-likeness (QED) is 0.792. The Labute approximate surface area is 107 Å². The van der Waals surface area contributed by atoms with E-state index in [-0.39, 0.29) is 0 Å². The molecule has 0 aliphatic heterocycles. The highest BCUT2D eigenvalue weighted by Crippen LogP contribution is 2.35. The lowest BCUT2D eigenvalue weighted by Crippen LogP contribution is -2.08. The second-order valence-electron chi connectivity index (χ2n) is 4.09. The topological polar surface area (TPSA) is 38.9 Å². The largest absolute Gasteiger partial charge is 0.339 e. The van der Waals surface area contributed by atoms with Crippen LogP contribution in [0.5, 0.6) is 0 Å². The van der Waals surface area contributed by atoms with E-state index in [4.69, 9.17) is 4.52 Å². The Morgan fingerprint density at radius 1 is 1.31 bits per heavy atom. The predicted octanol–water partition coefficient (Wildman–Crippen LogP) is 3.61. The van der Waals surface area contributed by atoms with Crippen LogP contribution in [-0.2, 0) is 0 Å². The zero-order valence-electron chi connectivity index (χ0n) is 8.69. The molecule has 1 saturated carbocycles. The van der Waals surface area contributed by atoms with E-state index in [0.717, 1.165) is 11.5 Å². The van der Waals surface area contributed by atoms with E-state index in [0.29, 0.717) is 11.7 Å². The van der Waals surface area contributed by atoms with Gasteiger partial charge in [0.15, 0.2) is 0 Å². The summed E-state index contributed by atoms with van der Waals surface area (Å²) in [6, 6.07) is 8.14. The van der Waals surface area contributed by atoms with Gasteiger partial charge in [0.1, 0.15) is 0 Å². The molecule has 0 unspecified atom stereocenters. The number of aromatic nitrogens is 2. The van der Waals surface area contributed by atoms with Crippen molar-refractivity contribution in [3.8, 4) is 11.4 Å². The van der Waals surface area contributed by atoms with Gasteiger partial charge in [-0.1, -0.05) is 23.7 Å². The van der Waals surface area contributed by atoms with E-state index in [9.17, 15) is 0 Å². The Morgan fingerprint density at radius 3 is 2.88 bits per heavy atom. The van der Waals surface area contributed by atoms with E-state index in [1.807, 2.05) is 12.1 Å². The number of benzene rings is 1. The van der Waals surface area contributed by atoms with Gasteiger partial charge in [-0.15, -0.1) is 0 Å². The van der Waals surface area contributed by atoms with Crippen molar-refractivity contribution in [3.63, 3.8) is 0 Å². The van der Waals surface area contributed by atoms with Crippen molar-refractivity contribution in [1.29, 1.82) is 0 Å². The summed E-state index contributed by atoms with van der Waals surface area (Å²) in [6.45, 7) is 0. The first-order valence-electron chi connectivity index (χ1n) is 5.42. The molecule has 1 aliphatic rings. The molecule has 16 heavy (non-hydrogen) atoms. The van der Waals surface area contributed by atoms with Gasteiger partial charge in [0.2, 0.25) is 11.7 Å². The summed E-state index contributed by atoms with van der Waals surface area (Å²) in [5, 5.41) is 4.04. The summed E-state index contributed by atoms with van der Waals surface area (Å²) in [4.78, 5) is 4.46. The lowest BCUT2D eigenvalue weighted by Gasteiger charge is -2.20. The van der Waals surface area contributed by atoms with Crippen LogP contribution in [0, 0.1) is 3.57 Å². The fourth-order valence-corrected chi connectivity index (χ4v) is 2.34. The lowest BCUT2D eigenvalue weighted by molar-refractivity contribution is 0.292. The van der Waals surface area contributed by atoms with E-state index in [2.05, 4.69) is 44.9 Å². The molecule has 1 aromatic carbocycles. The third-order valence-electron chi connectivity index (χ3n) is 2.98. The molecule has 3 rings (SSSR count). The van der Waals surface area contributed by atoms with Crippen molar-refractivity contribution in [1.82, 2.24) is 10.1 Å². The second-order valence-corrected chi connectivity index (χ2v) is 5.34. The molecular formula is C12H11IN2O. The molecule has 82 valence electrons. The maximum atomic E-state index is 5.30. The summed E-state index contributed by atoms with van der Waals surface area (Å²) < 4.78 is 6.48. The fourth-order valence-electron chi connectivity index (χ4n) is 1.80. The fraction of sp³-hybridized carbons (Fsp3) is 0.333. The zero-order valence-corrected chi connectivity index (χ0v) is 10.8. The molecule has 0 spiro atoms. The van der Waals surface area contributed by atoms with Crippen molar-refractivity contribution < 1.29 is 4.52 Å². The van der Waals surface area contributed by atoms with Crippen LogP contribution in [0.15, 0.2) is 28.8 Å². The van der Waals surface area contributed by atoms with E-state index in [1.165, 1.54) is 22.8 Å². The first-order valence-corrected chi connectivity index (χ1v) is 6.50. The second kappa shape index (κ2) is 4.16. The minimum Gasteiger partial charge on any atom is -0.339 e. The van der Waals surface area contributed by atoms with Crippen LogP contribution < -0.4 is 0 Å². The molecule has 1 aromatic heterocycles. The Kier molecular flexibility index (Phi) is 2.67. The van der Waals surface area contributed by atoms with Gasteiger partial charge in [-0.2, -0.15) is 4.98 Å². The normalized spacial score (nSPS) is 16.1. The molecule has 2 aromatic rings. The summed E-state index contributed by atoms with van der Waals surface area (Å²) in [6.07, 6.45) is 3.66. The van der Waals surface area contributed by atoms with Crippen LogP contribution in [0.25, 0.3) is 11.4 Å². The van der Waals surface area contributed by atoms with Crippen LogP contribution in [0.2, 0.25) is 0 Å². The van der Waals surface area contributed by atoms with E-state index >= 15 is 0 Å². The molecule has 0 amide bonds. The first kappa shape index (κ1) is 10.3. The van der Waals surface area contributed by atoms with Gasteiger partial charge in [0.05, 0.1) is 0 Å². The molecule has 0 atom stereocenters. The summed E-state index contributed by atoms with van der Waals surface area (Å²) in [5.74, 6) is 2.02. The van der Waals surface area contributed by atoms with E-state index < -0.39 is 0 Å². The Morgan fingerprint density at radius 2 is 2.19 bits per heavy atom. The number of rotatable bonds is 2. The SMILES string of the molecule is Ic1cccc(-c2noc(C3CCC3)n2)c1. The van der Waals surface area contributed by atoms with Crippen molar-refractivity contribution >= 4 is 22.6 Å². The Balaban J connectivity index is 1.91. The number of hydrogen-bond donors (Lipinski definition) is 0. The van der Waals surface area contributed by atoms with Gasteiger partial charge in [0.25, 0.3) is 0 Å². The molecule has 0 bridgehead atoms. The molecular weight excluding hydrogens is 315 g/mol. The standard InChI is InChI=1S/C12H11IN2O/c13-10-6-2-5-9(7-10)11-14-12(16-15-11)8-3-1-4-8/h2,5-8H,1,3-4H2. The van der Waals surface area contributed by atoms with E-state index in [1.54, 1.807) is 0 Å². The number of hydrogen-bond acceptors (Lipinski definition) is 3. The molecule has 0 radical (unpaired) electrons. The maximum absolute atomic E-state index is 5.30. The first-order chi connectivity index (χ1) is 7.83. The summed E-state index contributed by atoms with van der Waals surface area (Å²) in [7, 11) is 0. The Bertz CT molecular complexity index is 505. The highest BCUT2D eigenvalue weighted by atomic mass is 127. The van der Waals surface area contributed by atoms with Gasteiger partial charge in [-0.25, -0.2) is 0 Å². The molecule has 3 nitrogen and oxygen atoms in total. The third-order valence-corrected chi connectivity index (χ3v) is 3.65. The van der Waals surface area contributed by atoms with Crippen molar-refractivity contribution in [2.45, 2.75) is 25.2 Å². The average Bonchev–Trinajstić information content (AvgIpc) is 2.64. The highest BCUT2D eigenvalue weighted by Gasteiger charge is 2.25. The highest BCUT2D eigenvalue weighted by molar-refractivity contribution is 14.1. The van der Waals surface area contributed by atoms with Gasteiger partial charge in [-0.05, 0) is 47.6 Å². The Hall–Kier alpha value is -0.910. The lowest BCUT2D eigenvalue weighted by atomic mass is 9.85. The molecule has 1 aliphatic carbocycles. The average molecular weight is 326 g/mol. The summed E-state index contributed by atoms with van der Waals surface area (Å²) >= 11 is 2.28. The van der Waals surface area contributed by atoms with Gasteiger partial charge in [0, 0.05) is 15.1 Å². The zero-order chi connectivity index (χ0) is 11.0. The summed E-state index contributed by atoms with van der Waals surface area (Å²) in [5.41, 5.74) is 1.03. The van der Waals surface area contributed by atoms with Crippen molar-refractivity contribution in [3.05, 3.63) is 33.7 Å². The molecule has 0 saturated heterocycles. The number of nitrogens with zero attached hydrogens (tertiary/aromatic N) is 2. The molecule has 1 heterocycles. The van der Waals surface area contributed by atoms with Crippen molar-refractivity contribution in [2.75, 3.05) is 0 Å². The van der Waals surface area contributed by atoms with Crippen LogP contribution in [0.3, 0.4) is 0 Å². The van der Waals surface area contributed by atoms with Crippen molar-refractivity contribution in [2.24, 2.45) is 0 Å². The monoisotopic (exact) mass is 326 g/mol. The maximum Gasteiger partial charge on any atom is 0.230 e. The molecule has 0 N–H and O–H groups in total. The molecule has 1 fully saturated rings. The van der Waals surface area contributed by atoms with Gasteiger partial charge < -0.3 is 4.52 Å². The third kappa shape index (κ3) is 1.86. The van der Waals surface area contributed by atoms with Crippen LogP contribution in [0.4, 0.5) is 0 Å². The smallest absolute Gasteiger partial charge is 0.230 e. The van der Waals surface area contributed by atoms with Crippen LogP contribution in [0.1, 0.15) is 31.1 Å². The van der Waals surface area contributed by atoms with Crippen LogP contribution >= 0.6 is 22.6 Å². The number of halogens is 1.